The summed E-state index contributed by atoms with van der Waals surface area (Å²) in [5.74, 6) is 0.133. The van der Waals surface area contributed by atoms with Gasteiger partial charge in [0.2, 0.25) is 0 Å². The van der Waals surface area contributed by atoms with Gasteiger partial charge >= 0.3 is 0 Å². The molecule has 4 heteroatoms. The predicted molar refractivity (Wildman–Crippen MR) is 69.5 cm³/mol. The minimum Gasteiger partial charge on any atom is -0.490 e. The Morgan fingerprint density at radius 2 is 1.94 bits per heavy atom. The number of hydrogen-bond donors (Lipinski definition) is 0. The van der Waals surface area contributed by atoms with Crippen LogP contribution in [0.4, 0.5) is 4.39 Å². The summed E-state index contributed by atoms with van der Waals surface area (Å²) in [6, 6.07) is 5.51. The normalized spacial score (nSPS) is 30.7. The fourth-order valence-electron chi connectivity index (χ4n) is 2.74. The lowest BCUT2D eigenvalue weighted by atomic mass is 9.99. The van der Waals surface area contributed by atoms with E-state index >= 15 is 0 Å². The van der Waals surface area contributed by atoms with Gasteiger partial charge in [0.1, 0.15) is 17.7 Å². The number of benzene rings is 1. The van der Waals surface area contributed by atoms with Crippen molar-refractivity contribution < 1.29 is 9.13 Å². The Labute approximate surface area is 111 Å². The molecule has 2 aliphatic heterocycles. The highest BCUT2D eigenvalue weighted by molar-refractivity contribution is 6.30. The van der Waals surface area contributed by atoms with Gasteiger partial charge in [-0.1, -0.05) is 23.8 Å². The molecule has 2 bridgehead atoms. The number of halogens is 2. The summed E-state index contributed by atoms with van der Waals surface area (Å²) in [6.07, 6.45) is 6.51. The number of hydrogen-bond acceptors (Lipinski definition) is 2. The number of ether oxygens (including phenoxy) is 1. The summed E-state index contributed by atoms with van der Waals surface area (Å²) in [7, 11) is 2.13. The Morgan fingerprint density at radius 1 is 1.28 bits per heavy atom. The van der Waals surface area contributed by atoms with E-state index in [-0.39, 0.29) is 11.1 Å². The maximum absolute atomic E-state index is 13.3. The summed E-state index contributed by atoms with van der Waals surface area (Å²) in [5, 5.41) is 0.132. The molecule has 1 aromatic carbocycles. The first-order chi connectivity index (χ1) is 8.63. The number of likely N-dealkylation sites (N-methyl/N-ethyl adjacent to an activating group) is 1. The second-order valence-electron chi connectivity index (χ2n) is 4.97. The third-order valence-corrected chi connectivity index (χ3v) is 4.11. The Balaban J connectivity index is 1.69. The second kappa shape index (κ2) is 4.56. The lowest BCUT2D eigenvalue weighted by Crippen LogP contribution is -2.44. The summed E-state index contributed by atoms with van der Waals surface area (Å²) >= 11 is 5.65. The standard InChI is InChI=1S/C14H15ClFNO/c1-17-9-2-3-10(17)7-12(6-9)18-11-4-5-13(15)14(16)8-11/h2-5,8-10,12H,6-7H2,1H3. The van der Waals surface area contributed by atoms with E-state index in [0.717, 1.165) is 12.8 Å². The second-order valence-corrected chi connectivity index (χ2v) is 5.38. The lowest BCUT2D eigenvalue weighted by molar-refractivity contribution is 0.0749. The molecule has 0 radical (unpaired) electrons. The Hall–Kier alpha value is -1.06. The molecule has 2 atom stereocenters. The van der Waals surface area contributed by atoms with Crippen molar-refractivity contribution in [2.75, 3.05) is 7.05 Å². The number of nitrogens with zero attached hydrogens (tertiary/aromatic N) is 1. The average molecular weight is 268 g/mol. The van der Waals surface area contributed by atoms with Gasteiger partial charge in [0, 0.05) is 31.0 Å². The van der Waals surface area contributed by atoms with Crippen LogP contribution in [0.5, 0.6) is 5.75 Å². The molecule has 0 saturated carbocycles. The zero-order valence-electron chi connectivity index (χ0n) is 10.1. The molecule has 2 unspecified atom stereocenters. The van der Waals surface area contributed by atoms with E-state index in [4.69, 9.17) is 16.3 Å². The molecule has 18 heavy (non-hydrogen) atoms. The minimum absolute atomic E-state index is 0.132. The van der Waals surface area contributed by atoms with Crippen molar-refractivity contribution >= 4 is 11.6 Å². The van der Waals surface area contributed by atoms with Crippen LogP contribution in [0.15, 0.2) is 30.4 Å². The van der Waals surface area contributed by atoms with Gasteiger partial charge in [0.05, 0.1) is 5.02 Å². The van der Waals surface area contributed by atoms with Crippen molar-refractivity contribution in [2.45, 2.75) is 31.0 Å². The van der Waals surface area contributed by atoms with Gasteiger partial charge in [-0.05, 0) is 19.2 Å². The van der Waals surface area contributed by atoms with E-state index in [9.17, 15) is 4.39 Å². The molecule has 1 fully saturated rings. The monoisotopic (exact) mass is 267 g/mol. The van der Waals surface area contributed by atoms with Crippen LogP contribution < -0.4 is 4.74 Å². The first kappa shape index (κ1) is 12.0. The molecule has 96 valence electrons. The zero-order valence-corrected chi connectivity index (χ0v) is 10.9. The van der Waals surface area contributed by atoms with E-state index < -0.39 is 5.82 Å². The van der Waals surface area contributed by atoms with Crippen LogP contribution in [0, 0.1) is 5.82 Å². The molecule has 3 rings (SSSR count). The fourth-order valence-corrected chi connectivity index (χ4v) is 2.85. The van der Waals surface area contributed by atoms with Gasteiger partial charge in [-0.3, -0.25) is 4.90 Å². The topological polar surface area (TPSA) is 12.5 Å². The van der Waals surface area contributed by atoms with Crippen LogP contribution in [0.1, 0.15) is 12.8 Å². The van der Waals surface area contributed by atoms with E-state index in [1.807, 2.05) is 0 Å². The third kappa shape index (κ3) is 2.13. The van der Waals surface area contributed by atoms with Crippen molar-refractivity contribution in [3.63, 3.8) is 0 Å². The Bertz CT molecular complexity index is 475. The Kier molecular flexibility index (Phi) is 3.04. The van der Waals surface area contributed by atoms with Crippen LogP contribution in [-0.2, 0) is 0 Å². The summed E-state index contributed by atoms with van der Waals surface area (Å²) in [4.78, 5) is 2.35. The van der Waals surface area contributed by atoms with Crippen molar-refractivity contribution in [3.05, 3.63) is 41.2 Å². The van der Waals surface area contributed by atoms with Crippen LogP contribution in [-0.4, -0.2) is 30.1 Å². The number of piperidine rings is 1. The fraction of sp³-hybridized carbons (Fsp3) is 0.429. The SMILES string of the molecule is CN1C2C=CC1CC(Oc1ccc(Cl)c(F)c1)C2. The molecule has 2 nitrogen and oxygen atoms in total. The first-order valence-electron chi connectivity index (χ1n) is 6.15. The maximum Gasteiger partial charge on any atom is 0.145 e. The molecule has 1 aromatic rings. The number of rotatable bonds is 2. The highest BCUT2D eigenvalue weighted by Gasteiger charge is 2.35. The van der Waals surface area contributed by atoms with Crippen LogP contribution in [0.2, 0.25) is 5.02 Å². The van der Waals surface area contributed by atoms with Gasteiger partial charge in [0.15, 0.2) is 0 Å². The molecule has 1 saturated heterocycles. The lowest BCUT2D eigenvalue weighted by Gasteiger charge is -2.36. The van der Waals surface area contributed by atoms with Crippen LogP contribution in [0.25, 0.3) is 0 Å². The van der Waals surface area contributed by atoms with E-state index in [0.29, 0.717) is 17.8 Å². The van der Waals surface area contributed by atoms with Crippen molar-refractivity contribution in [1.29, 1.82) is 0 Å². The van der Waals surface area contributed by atoms with E-state index in [1.54, 1.807) is 6.07 Å². The van der Waals surface area contributed by atoms with Gasteiger partial charge in [-0.2, -0.15) is 0 Å². The first-order valence-corrected chi connectivity index (χ1v) is 6.53. The quantitative estimate of drug-likeness (QED) is 0.763. The van der Waals surface area contributed by atoms with E-state index in [1.165, 1.54) is 12.1 Å². The van der Waals surface area contributed by atoms with Gasteiger partial charge < -0.3 is 4.74 Å². The molecule has 0 aromatic heterocycles. The zero-order chi connectivity index (χ0) is 12.7. The molecular formula is C14H15ClFNO. The Morgan fingerprint density at radius 3 is 2.56 bits per heavy atom. The maximum atomic E-state index is 13.3. The molecular weight excluding hydrogens is 253 g/mol. The number of fused-ring (bicyclic) bond motifs is 2. The summed E-state index contributed by atoms with van der Waals surface area (Å²) in [5.41, 5.74) is 0. The van der Waals surface area contributed by atoms with Gasteiger partial charge in [-0.25, -0.2) is 4.39 Å². The minimum atomic E-state index is -0.428. The molecule has 2 aliphatic rings. The molecule has 0 aliphatic carbocycles. The summed E-state index contributed by atoms with van der Waals surface area (Å²) in [6.45, 7) is 0. The third-order valence-electron chi connectivity index (χ3n) is 3.80. The largest absolute Gasteiger partial charge is 0.490 e. The molecule has 0 N–H and O–H groups in total. The van der Waals surface area contributed by atoms with Crippen LogP contribution in [0.3, 0.4) is 0 Å². The van der Waals surface area contributed by atoms with Crippen molar-refractivity contribution in [3.8, 4) is 5.75 Å². The highest BCUT2D eigenvalue weighted by Crippen LogP contribution is 2.32. The smallest absolute Gasteiger partial charge is 0.145 e. The van der Waals surface area contributed by atoms with Gasteiger partial charge in [-0.15, -0.1) is 0 Å². The molecule has 0 amide bonds. The highest BCUT2D eigenvalue weighted by atomic mass is 35.5. The predicted octanol–water partition coefficient (Wildman–Crippen LogP) is 3.26. The summed E-state index contributed by atoms with van der Waals surface area (Å²) < 4.78 is 19.2. The molecule has 2 heterocycles. The van der Waals surface area contributed by atoms with Gasteiger partial charge in [0.25, 0.3) is 0 Å². The molecule has 0 spiro atoms. The van der Waals surface area contributed by atoms with Crippen molar-refractivity contribution in [2.24, 2.45) is 0 Å². The average Bonchev–Trinajstić information content (AvgIpc) is 2.58. The van der Waals surface area contributed by atoms with Crippen molar-refractivity contribution in [1.82, 2.24) is 4.90 Å². The van der Waals surface area contributed by atoms with Crippen LogP contribution >= 0.6 is 11.6 Å². The van der Waals surface area contributed by atoms with E-state index in [2.05, 4.69) is 24.1 Å².